The first kappa shape index (κ1) is 12.7. The van der Waals surface area contributed by atoms with E-state index in [4.69, 9.17) is 0 Å². The Morgan fingerprint density at radius 3 is 2.78 bits per heavy atom. The Balaban J connectivity index is 1.74. The van der Waals surface area contributed by atoms with Crippen LogP contribution < -0.4 is 5.32 Å². The zero-order chi connectivity index (χ0) is 13.0. The van der Waals surface area contributed by atoms with Crippen LogP contribution in [-0.2, 0) is 16.1 Å². The van der Waals surface area contributed by atoms with Crippen LogP contribution in [0.5, 0.6) is 0 Å². The molecule has 0 radical (unpaired) electrons. The molecule has 2 rings (SSSR count). The van der Waals surface area contributed by atoms with Crippen molar-refractivity contribution >= 4 is 11.8 Å². The lowest BCUT2D eigenvalue weighted by Gasteiger charge is -2.13. The summed E-state index contributed by atoms with van der Waals surface area (Å²) in [7, 11) is 0. The number of hydrogen-bond acceptors (Lipinski definition) is 2. The molecular formula is C13H19N3O2. The van der Waals surface area contributed by atoms with Gasteiger partial charge in [-0.2, -0.15) is 0 Å². The highest BCUT2D eigenvalue weighted by molar-refractivity contribution is 5.89. The molecule has 1 aromatic heterocycles. The summed E-state index contributed by atoms with van der Waals surface area (Å²) in [6, 6.07) is 3.91. The highest BCUT2D eigenvalue weighted by atomic mass is 16.2. The molecule has 1 unspecified atom stereocenters. The molecule has 1 aliphatic heterocycles. The lowest BCUT2D eigenvalue weighted by molar-refractivity contribution is -0.128. The summed E-state index contributed by atoms with van der Waals surface area (Å²) in [5, 5.41) is 2.89. The maximum atomic E-state index is 11.9. The van der Waals surface area contributed by atoms with Gasteiger partial charge in [-0.1, -0.05) is 0 Å². The second kappa shape index (κ2) is 5.71. The van der Waals surface area contributed by atoms with Crippen molar-refractivity contribution in [2.75, 3.05) is 19.6 Å². The summed E-state index contributed by atoms with van der Waals surface area (Å²) in [4.78, 5) is 25.1. The second-order valence-electron chi connectivity index (χ2n) is 4.55. The Labute approximate surface area is 107 Å². The third kappa shape index (κ3) is 2.91. The lowest BCUT2D eigenvalue weighted by atomic mass is 10.1. The van der Waals surface area contributed by atoms with E-state index in [0.717, 1.165) is 6.54 Å². The fraction of sp³-hybridized carbons (Fsp3) is 0.538. The van der Waals surface area contributed by atoms with Crippen molar-refractivity contribution < 1.29 is 9.59 Å². The van der Waals surface area contributed by atoms with Gasteiger partial charge in [0, 0.05) is 45.0 Å². The average molecular weight is 249 g/mol. The molecule has 0 aliphatic carbocycles. The number of aromatic nitrogens is 1. The Morgan fingerprint density at radius 1 is 1.44 bits per heavy atom. The normalized spacial score (nSPS) is 19.3. The molecular weight excluding hydrogens is 230 g/mol. The fourth-order valence-corrected chi connectivity index (χ4v) is 2.23. The van der Waals surface area contributed by atoms with Gasteiger partial charge in [0.15, 0.2) is 0 Å². The molecule has 1 aromatic rings. The first-order valence-electron chi connectivity index (χ1n) is 6.37. The van der Waals surface area contributed by atoms with Crippen LogP contribution in [-0.4, -0.2) is 40.9 Å². The predicted octanol–water partition coefficient (Wildman–Crippen LogP) is 0.473. The van der Waals surface area contributed by atoms with E-state index in [2.05, 4.69) is 5.32 Å². The van der Waals surface area contributed by atoms with E-state index in [1.54, 1.807) is 4.90 Å². The van der Waals surface area contributed by atoms with Gasteiger partial charge in [-0.15, -0.1) is 0 Å². The van der Waals surface area contributed by atoms with E-state index in [-0.39, 0.29) is 17.7 Å². The highest BCUT2D eigenvalue weighted by Crippen LogP contribution is 2.17. The van der Waals surface area contributed by atoms with Crippen LogP contribution in [0.15, 0.2) is 24.5 Å². The molecule has 98 valence electrons. The standard InChI is InChI=1S/C13H19N3O2/c1-2-16-10-11(9-12(16)17)13(18)14-5-8-15-6-3-4-7-15/h3-4,6-7,11H,2,5,8-10H2,1H3,(H,14,18). The summed E-state index contributed by atoms with van der Waals surface area (Å²) in [6.07, 6.45) is 4.28. The summed E-state index contributed by atoms with van der Waals surface area (Å²) in [6.45, 7) is 4.54. The number of hydrogen-bond donors (Lipinski definition) is 1. The van der Waals surface area contributed by atoms with Crippen molar-refractivity contribution in [1.82, 2.24) is 14.8 Å². The monoisotopic (exact) mass is 249 g/mol. The summed E-state index contributed by atoms with van der Waals surface area (Å²) in [5.41, 5.74) is 0. The van der Waals surface area contributed by atoms with Crippen LogP contribution in [0.2, 0.25) is 0 Å². The van der Waals surface area contributed by atoms with Crippen molar-refractivity contribution in [3.05, 3.63) is 24.5 Å². The third-order valence-electron chi connectivity index (χ3n) is 3.30. The summed E-state index contributed by atoms with van der Waals surface area (Å²) >= 11 is 0. The van der Waals surface area contributed by atoms with E-state index >= 15 is 0 Å². The van der Waals surface area contributed by atoms with E-state index in [1.807, 2.05) is 36.0 Å². The molecule has 1 N–H and O–H groups in total. The fourth-order valence-electron chi connectivity index (χ4n) is 2.23. The van der Waals surface area contributed by atoms with Crippen molar-refractivity contribution in [1.29, 1.82) is 0 Å². The molecule has 2 amide bonds. The second-order valence-corrected chi connectivity index (χ2v) is 4.55. The molecule has 2 heterocycles. The molecule has 1 fully saturated rings. The van der Waals surface area contributed by atoms with Gasteiger partial charge in [0.25, 0.3) is 0 Å². The zero-order valence-corrected chi connectivity index (χ0v) is 10.6. The first-order chi connectivity index (χ1) is 8.70. The first-order valence-corrected chi connectivity index (χ1v) is 6.37. The molecule has 18 heavy (non-hydrogen) atoms. The van der Waals surface area contributed by atoms with E-state index < -0.39 is 0 Å². The van der Waals surface area contributed by atoms with Crippen LogP contribution in [0.1, 0.15) is 13.3 Å². The number of amides is 2. The van der Waals surface area contributed by atoms with Crippen molar-refractivity contribution in [2.45, 2.75) is 19.9 Å². The van der Waals surface area contributed by atoms with Crippen LogP contribution in [0.3, 0.4) is 0 Å². The number of carbonyl (C=O) groups excluding carboxylic acids is 2. The van der Waals surface area contributed by atoms with Crippen LogP contribution >= 0.6 is 0 Å². The molecule has 1 saturated heterocycles. The van der Waals surface area contributed by atoms with Gasteiger partial charge >= 0.3 is 0 Å². The Kier molecular flexibility index (Phi) is 4.02. The molecule has 0 bridgehead atoms. The maximum Gasteiger partial charge on any atom is 0.225 e. The Bertz CT molecular complexity index is 414. The molecule has 0 saturated carbocycles. The molecule has 1 aliphatic rings. The quantitative estimate of drug-likeness (QED) is 0.825. The minimum absolute atomic E-state index is 0.00791. The van der Waals surface area contributed by atoms with Crippen molar-refractivity contribution in [3.63, 3.8) is 0 Å². The van der Waals surface area contributed by atoms with Crippen LogP contribution in [0.4, 0.5) is 0 Å². The van der Waals surface area contributed by atoms with Gasteiger partial charge in [-0.25, -0.2) is 0 Å². The Morgan fingerprint density at radius 2 is 2.17 bits per heavy atom. The molecule has 5 heteroatoms. The summed E-state index contributed by atoms with van der Waals surface area (Å²) in [5.74, 6) is -0.100. The Hall–Kier alpha value is -1.78. The highest BCUT2D eigenvalue weighted by Gasteiger charge is 2.32. The van der Waals surface area contributed by atoms with E-state index in [0.29, 0.717) is 26.1 Å². The van der Waals surface area contributed by atoms with Gasteiger partial charge < -0.3 is 14.8 Å². The van der Waals surface area contributed by atoms with Gasteiger partial charge in [0.05, 0.1) is 5.92 Å². The smallest absolute Gasteiger partial charge is 0.225 e. The lowest BCUT2D eigenvalue weighted by Crippen LogP contribution is -2.34. The molecule has 0 aromatic carbocycles. The SMILES string of the molecule is CCN1CC(C(=O)NCCn2cccc2)CC1=O. The number of nitrogens with one attached hydrogen (secondary N) is 1. The third-order valence-corrected chi connectivity index (χ3v) is 3.30. The topological polar surface area (TPSA) is 54.3 Å². The number of carbonyl (C=O) groups is 2. The number of likely N-dealkylation sites (tertiary alicyclic amines) is 1. The predicted molar refractivity (Wildman–Crippen MR) is 67.8 cm³/mol. The maximum absolute atomic E-state index is 11.9. The van der Waals surface area contributed by atoms with Gasteiger partial charge in [-0.3, -0.25) is 9.59 Å². The van der Waals surface area contributed by atoms with E-state index in [1.165, 1.54) is 0 Å². The minimum atomic E-state index is -0.179. The van der Waals surface area contributed by atoms with E-state index in [9.17, 15) is 9.59 Å². The van der Waals surface area contributed by atoms with Gasteiger partial charge in [0.2, 0.25) is 11.8 Å². The number of rotatable bonds is 5. The minimum Gasteiger partial charge on any atom is -0.354 e. The molecule has 1 atom stereocenters. The zero-order valence-electron chi connectivity index (χ0n) is 10.6. The molecule has 5 nitrogen and oxygen atoms in total. The summed E-state index contributed by atoms with van der Waals surface area (Å²) < 4.78 is 2.01. The van der Waals surface area contributed by atoms with Crippen molar-refractivity contribution in [3.8, 4) is 0 Å². The molecule has 0 spiro atoms. The van der Waals surface area contributed by atoms with Crippen molar-refractivity contribution in [2.24, 2.45) is 5.92 Å². The average Bonchev–Trinajstić information content (AvgIpc) is 2.98. The van der Waals surface area contributed by atoms with Gasteiger partial charge in [0.1, 0.15) is 0 Å². The number of nitrogens with zero attached hydrogens (tertiary/aromatic N) is 2. The largest absolute Gasteiger partial charge is 0.354 e. The van der Waals surface area contributed by atoms with Crippen LogP contribution in [0.25, 0.3) is 0 Å². The van der Waals surface area contributed by atoms with Crippen LogP contribution in [0, 0.1) is 5.92 Å². The van der Waals surface area contributed by atoms with Gasteiger partial charge in [-0.05, 0) is 19.1 Å².